The van der Waals surface area contributed by atoms with Gasteiger partial charge in [0.1, 0.15) is 0 Å². The van der Waals surface area contributed by atoms with Crippen molar-refractivity contribution < 1.29 is 9.53 Å². The number of methoxy groups -OCH3 is 1. The zero-order valence-corrected chi connectivity index (χ0v) is 11.0. The van der Waals surface area contributed by atoms with Crippen LogP contribution in [0.2, 0.25) is 0 Å². The van der Waals surface area contributed by atoms with E-state index in [1.54, 1.807) is 0 Å². The SMILES string of the molecule is C=C(N)c1cc(C(=O)OC)c(C)cc1C1CCC1. The molecule has 2 N–H and O–H groups in total. The highest BCUT2D eigenvalue weighted by molar-refractivity contribution is 5.92. The Balaban J connectivity index is 2.51. The molecule has 1 fully saturated rings. The maximum absolute atomic E-state index is 11.7. The van der Waals surface area contributed by atoms with Crippen LogP contribution in [-0.4, -0.2) is 13.1 Å². The molecule has 0 aliphatic heterocycles. The number of ether oxygens (including phenoxy) is 1. The standard InChI is InChI=1S/C15H19NO2/c1-9-7-14(11-5-4-6-11)13(10(2)16)8-12(9)15(17)18-3/h7-8,11H,2,4-6,16H2,1,3H3. The molecule has 0 saturated heterocycles. The van der Waals surface area contributed by atoms with Crippen molar-refractivity contribution in [3.05, 3.63) is 41.0 Å². The summed E-state index contributed by atoms with van der Waals surface area (Å²) in [4.78, 5) is 11.7. The van der Waals surface area contributed by atoms with Crippen molar-refractivity contribution in [1.29, 1.82) is 0 Å². The molecule has 0 unspecified atom stereocenters. The molecule has 0 atom stereocenters. The van der Waals surface area contributed by atoms with E-state index in [1.807, 2.05) is 13.0 Å². The minimum Gasteiger partial charge on any atom is -0.465 e. The Kier molecular flexibility index (Phi) is 3.41. The van der Waals surface area contributed by atoms with Gasteiger partial charge in [-0.2, -0.15) is 0 Å². The minimum atomic E-state index is -0.324. The summed E-state index contributed by atoms with van der Waals surface area (Å²) in [6.07, 6.45) is 3.65. The maximum Gasteiger partial charge on any atom is 0.338 e. The highest BCUT2D eigenvalue weighted by Crippen LogP contribution is 2.40. The van der Waals surface area contributed by atoms with Crippen LogP contribution in [0.15, 0.2) is 18.7 Å². The summed E-state index contributed by atoms with van der Waals surface area (Å²) in [6, 6.07) is 3.88. The van der Waals surface area contributed by atoms with Crippen LogP contribution in [0.5, 0.6) is 0 Å². The molecule has 1 aliphatic rings. The summed E-state index contributed by atoms with van der Waals surface area (Å²) >= 11 is 0. The molecular formula is C15H19NO2. The van der Waals surface area contributed by atoms with Gasteiger partial charge in [-0.1, -0.05) is 19.1 Å². The van der Waals surface area contributed by atoms with Crippen LogP contribution in [0.4, 0.5) is 0 Å². The van der Waals surface area contributed by atoms with Crippen molar-refractivity contribution in [2.75, 3.05) is 7.11 Å². The molecule has 0 aromatic heterocycles. The van der Waals surface area contributed by atoms with Crippen molar-refractivity contribution in [1.82, 2.24) is 0 Å². The van der Waals surface area contributed by atoms with Crippen LogP contribution in [0.3, 0.4) is 0 Å². The van der Waals surface area contributed by atoms with Gasteiger partial charge in [-0.05, 0) is 42.9 Å². The van der Waals surface area contributed by atoms with E-state index in [4.69, 9.17) is 10.5 Å². The van der Waals surface area contributed by atoms with E-state index < -0.39 is 0 Å². The molecule has 1 aromatic rings. The molecule has 1 aromatic carbocycles. The molecule has 0 amide bonds. The third kappa shape index (κ3) is 2.13. The van der Waals surface area contributed by atoms with Crippen LogP contribution in [-0.2, 0) is 4.74 Å². The van der Waals surface area contributed by atoms with E-state index in [-0.39, 0.29) is 5.97 Å². The lowest BCUT2D eigenvalue weighted by atomic mass is 9.77. The second kappa shape index (κ2) is 4.84. The van der Waals surface area contributed by atoms with Gasteiger partial charge >= 0.3 is 5.97 Å². The zero-order valence-electron chi connectivity index (χ0n) is 11.0. The number of nitrogens with two attached hydrogens (primary N) is 1. The van der Waals surface area contributed by atoms with Gasteiger partial charge in [-0.25, -0.2) is 4.79 Å². The average Bonchev–Trinajstić information content (AvgIpc) is 2.25. The van der Waals surface area contributed by atoms with Crippen molar-refractivity contribution in [2.45, 2.75) is 32.1 Å². The summed E-state index contributed by atoms with van der Waals surface area (Å²) in [5.74, 6) is 0.237. The first kappa shape index (κ1) is 12.7. The Hall–Kier alpha value is -1.77. The van der Waals surface area contributed by atoms with E-state index in [1.165, 1.54) is 31.9 Å². The van der Waals surface area contributed by atoms with Gasteiger partial charge in [0.05, 0.1) is 12.7 Å². The van der Waals surface area contributed by atoms with Crippen molar-refractivity contribution >= 4 is 11.7 Å². The highest BCUT2D eigenvalue weighted by atomic mass is 16.5. The number of carbonyl (C=O) groups is 1. The summed E-state index contributed by atoms with van der Waals surface area (Å²) in [5.41, 5.74) is 9.99. The Labute approximate surface area is 108 Å². The normalized spacial score (nSPS) is 15.0. The van der Waals surface area contributed by atoms with Crippen LogP contribution >= 0.6 is 0 Å². The number of rotatable bonds is 3. The molecular weight excluding hydrogens is 226 g/mol. The first-order valence-corrected chi connectivity index (χ1v) is 6.22. The zero-order chi connectivity index (χ0) is 13.3. The summed E-state index contributed by atoms with van der Waals surface area (Å²) < 4.78 is 4.78. The average molecular weight is 245 g/mol. The summed E-state index contributed by atoms with van der Waals surface area (Å²) in [5, 5.41) is 0. The van der Waals surface area contributed by atoms with Gasteiger partial charge in [0.25, 0.3) is 0 Å². The molecule has 3 heteroatoms. The van der Waals surface area contributed by atoms with Gasteiger partial charge in [-0.15, -0.1) is 0 Å². The van der Waals surface area contributed by atoms with Crippen molar-refractivity contribution in [3.63, 3.8) is 0 Å². The van der Waals surface area contributed by atoms with Gasteiger partial charge in [-0.3, -0.25) is 0 Å². The molecule has 1 aliphatic carbocycles. The molecule has 3 nitrogen and oxygen atoms in total. The third-order valence-electron chi connectivity index (χ3n) is 3.69. The first-order valence-electron chi connectivity index (χ1n) is 6.22. The van der Waals surface area contributed by atoms with Crippen LogP contribution < -0.4 is 5.73 Å². The van der Waals surface area contributed by atoms with Crippen molar-refractivity contribution in [3.8, 4) is 0 Å². The number of benzene rings is 1. The van der Waals surface area contributed by atoms with Crippen molar-refractivity contribution in [2.24, 2.45) is 5.73 Å². The van der Waals surface area contributed by atoms with E-state index in [9.17, 15) is 4.79 Å². The van der Waals surface area contributed by atoms with Gasteiger partial charge in [0, 0.05) is 11.3 Å². The Morgan fingerprint density at radius 1 is 1.39 bits per heavy atom. The predicted molar refractivity (Wildman–Crippen MR) is 72.3 cm³/mol. The van der Waals surface area contributed by atoms with E-state index in [0.29, 0.717) is 17.2 Å². The molecule has 0 radical (unpaired) electrons. The van der Waals surface area contributed by atoms with Crippen LogP contribution in [0, 0.1) is 6.92 Å². The second-order valence-electron chi connectivity index (χ2n) is 4.90. The maximum atomic E-state index is 11.7. The quantitative estimate of drug-likeness (QED) is 0.833. The summed E-state index contributed by atoms with van der Waals surface area (Å²) in [7, 11) is 1.39. The predicted octanol–water partition coefficient (Wildman–Crippen LogP) is 2.98. The Bertz CT molecular complexity index is 501. The first-order chi connectivity index (χ1) is 8.54. The lowest BCUT2D eigenvalue weighted by molar-refractivity contribution is 0.0600. The number of carbonyl (C=O) groups excluding carboxylic acids is 1. The molecule has 0 heterocycles. The molecule has 1 saturated carbocycles. The van der Waals surface area contributed by atoms with E-state index in [2.05, 4.69) is 12.6 Å². The van der Waals surface area contributed by atoms with Crippen LogP contribution in [0.25, 0.3) is 5.70 Å². The largest absolute Gasteiger partial charge is 0.465 e. The smallest absolute Gasteiger partial charge is 0.338 e. The fourth-order valence-electron chi connectivity index (χ4n) is 2.40. The topological polar surface area (TPSA) is 52.3 Å². The monoisotopic (exact) mass is 245 g/mol. The Morgan fingerprint density at radius 2 is 2.06 bits per heavy atom. The Morgan fingerprint density at radius 3 is 2.50 bits per heavy atom. The van der Waals surface area contributed by atoms with E-state index >= 15 is 0 Å². The highest BCUT2D eigenvalue weighted by Gasteiger charge is 2.24. The number of esters is 1. The van der Waals surface area contributed by atoms with Gasteiger partial charge < -0.3 is 10.5 Å². The second-order valence-corrected chi connectivity index (χ2v) is 4.90. The molecule has 0 bridgehead atoms. The lowest BCUT2D eigenvalue weighted by Gasteiger charge is -2.28. The van der Waals surface area contributed by atoms with E-state index in [0.717, 1.165) is 11.1 Å². The van der Waals surface area contributed by atoms with Gasteiger partial charge in [0.2, 0.25) is 0 Å². The fourth-order valence-corrected chi connectivity index (χ4v) is 2.40. The molecule has 0 spiro atoms. The van der Waals surface area contributed by atoms with Crippen LogP contribution in [0.1, 0.15) is 52.2 Å². The minimum absolute atomic E-state index is 0.324. The molecule has 18 heavy (non-hydrogen) atoms. The fraction of sp³-hybridized carbons (Fsp3) is 0.400. The number of aryl methyl sites for hydroxylation is 1. The molecule has 2 rings (SSSR count). The third-order valence-corrected chi connectivity index (χ3v) is 3.69. The van der Waals surface area contributed by atoms with Gasteiger partial charge in [0.15, 0.2) is 0 Å². The summed E-state index contributed by atoms with van der Waals surface area (Å²) in [6.45, 7) is 5.74. The lowest BCUT2D eigenvalue weighted by Crippen LogP contribution is -2.15. The number of hydrogen-bond acceptors (Lipinski definition) is 3. The number of hydrogen-bond donors (Lipinski definition) is 1. The molecule has 96 valence electrons.